The molecule has 24 heavy (non-hydrogen) atoms. The summed E-state index contributed by atoms with van der Waals surface area (Å²) in [6.45, 7) is 0.751. The van der Waals surface area contributed by atoms with Gasteiger partial charge in [-0.1, -0.05) is 30.3 Å². The Morgan fingerprint density at radius 1 is 1.21 bits per heavy atom. The lowest BCUT2D eigenvalue weighted by atomic mass is 10.0. The molecule has 1 N–H and O–H groups in total. The summed E-state index contributed by atoms with van der Waals surface area (Å²) >= 11 is 0. The van der Waals surface area contributed by atoms with Gasteiger partial charge in [-0.15, -0.1) is 0 Å². The molecule has 1 fully saturated rings. The zero-order chi connectivity index (χ0) is 16.9. The number of furan rings is 1. The van der Waals surface area contributed by atoms with E-state index in [0.717, 1.165) is 12.1 Å². The van der Waals surface area contributed by atoms with E-state index in [-0.39, 0.29) is 17.6 Å². The molecule has 1 aliphatic rings. The summed E-state index contributed by atoms with van der Waals surface area (Å²) in [6.07, 6.45) is 4.27. The number of nitrogens with zero attached hydrogens (tertiary/aromatic N) is 1. The van der Waals surface area contributed by atoms with Crippen LogP contribution in [0.1, 0.15) is 29.0 Å². The average Bonchev–Trinajstić information content (AvgIpc) is 3.23. The lowest BCUT2D eigenvalue weighted by Gasteiger charge is -2.24. The first-order chi connectivity index (χ1) is 11.6. The van der Waals surface area contributed by atoms with E-state index < -0.39 is 6.04 Å². The number of hydrogen-bond donors (Lipinski definition) is 1. The van der Waals surface area contributed by atoms with Crippen molar-refractivity contribution in [2.75, 3.05) is 13.6 Å². The Labute approximate surface area is 141 Å². The van der Waals surface area contributed by atoms with Crippen LogP contribution in [0, 0.1) is 5.92 Å². The Hall–Kier alpha value is -2.56. The lowest BCUT2D eigenvalue weighted by molar-refractivity contribution is -0.132. The lowest BCUT2D eigenvalue weighted by Crippen LogP contribution is -2.49. The highest BCUT2D eigenvalue weighted by Gasteiger charge is 2.29. The van der Waals surface area contributed by atoms with Gasteiger partial charge < -0.3 is 14.6 Å². The Bertz CT molecular complexity index is 678. The Morgan fingerprint density at radius 2 is 1.96 bits per heavy atom. The second kappa shape index (κ2) is 7.34. The average molecular weight is 326 g/mol. The van der Waals surface area contributed by atoms with Gasteiger partial charge in [-0.05, 0) is 36.5 Å². The third kappa shape index (κ3) is 4.25. The smallest absolute Gasteiger partial charge is 0.287 e. The highest BCUT2D eigenvalue weighted by molar-refractivity contribution is 5.95. The Balaban J connectivity index is 1.71. The van der Waals surface area contributed by atoms with Crippen LogP contribution in [0.25, 0.3) is 0 Å². The van der Waals surface area contributed by atoms with Crippen molar-refractivity contribution in [2.24, 2.45) is 5.92 Å². The first-order valence-corrected chi connectivity index (χ1v) is 8.27. The molecule has 0 saturated heterocycles. The fourth-order valence-electron chi connectivity index (χ4n) is 2.73. The molecule has 1 heterocycles. The summed E-state index contributed by atoms with van der Waals surface area (Å²) < 4.78 is 5.12. The van der Waals surface area contributed by atoms with Crippen molar-refractivity contribution in [3.05, 3.63) is 60.1 Å². The molecule has 3 rings (SSSR count). The summed E-state index contributed by atoms with van der Waals surface area (Å²) in [5.74, 6) is 0.391. The van der Waals surface area contributed by atoms with Crippen molar-refractivity contribution in [3.63, 3.8) is 0 Å². The van der Waals surface area contributed by atoms with Crippen molar-refractivity contribution in [1.82, 2.24) is 10.2 Å². The molecule has 1 atom stereocenters. The molecular weight excluding hydrogens is 304 g/mol. The highest BCUT2D eigenvalue weighted by atomic mass is 16.3. The molecule has 1 aromatic heterocycles. The fourth-order valence-corrected chi connectivity index (χ4v) is 2.73. The predicted octanol–water partition coefficient (Wildman–Crippen LogP) is 2.49. The van der Waals surface area contributed by atoms with Crippen molar-refractivity contribution in [1.29, 1.82) is 0 Å². The standard InChI is InChI=1S/C19H22N2O3/c1-21(13-15-9-10-15)19(23)16(12-14-6-3-2-4-7-14)20-18(22)17-8-5-11-24-17/h2-8,11,15-16H,9-10,12-13H2,1H3,(H,20,22)/t16-/m0/s1. The van der Waals surface area contributed by atoms with Crippen LogP contribution in [0.5, 0.6) is 0 Å². The molecule has 126 valence electrons. The minimum atomic E-state index is -0.603. The maximum atomic E-state index is 12.8. The highest BCUT2D eigenvalue weighted by Crippen LogP contribution is 2.29. The third-order valence-electron chi connectivity index (χ3n) is 4.24. The minimum Gasteiger partial charge on any atom is -0.459 e. The van der Waals surface area contributed by atoms with E-state index in [2.05, 4.69) is 5.32 Å². The van der Waals surface area contributed by atoms with Gasteiger partial charge in [-0.25, -0.2) is 0 Å². The Morgan fingerprint density at radius 3 is 2.58 bits per heavy atom. The number of rotatable bonds is 7. The van der Waals surface area contributed by atoms with E-state index >= 15 is 0 Å². The van der Waals surface area contributed by atoms with Crippen LogP contribution >= 0.6 is 0 Å². The molecule has 1 aliphatic carbocycles. The topological polar surface area (TPSA) is 62.6 Å². The summed E-state index contributed by atoms with van der Waals surface area (Å²) in [5.41, 5.74) is 1.01. The number of amides is 2. The van der Waals surface area contributed by atoms with Crippen LogP contribution in [-0.4, -0.2) is 36.3 Å². The van der Waals surface area contributed by atoms with Crippen LogP contribution < -0.4 is 5.32 Å². The van der Waals surface area contributed by atoms with E-state index in [9.17, 15) is 9.59 Å². The second-order valence-electron chi connectivity index (χ2n) is 6.36. The molecule has 2 aromatic rings. The largest absolute Gasteiger partial charge is 0.459 e. The number of nitrogens with one attached hydrogen (secondary N) is 1. The van der Waals surface area contributed by atoms with Crippen molar-refractivity contribution >= 4 is 11.8 Å². The summed E-state index contributed by atoms with van der Waals surface area (Å²) in [5, 5.41) is 2.82. The van der Waals surface area contributed by atoms with Crippen LogP contribution in [0.2, 0.25) is 0 Å². The van der Waals surface area contributed by atoms with Gasteiger partial charge in [0.1, 0.15) is 6.04 Å². The van der Waals surface area contributed by atoms with Gasteiger partial charge in [0, 0.05) is 20.0 Å². The normalized spacial score (nSPS) is 14.9. The maximum absolute atomic E-state index is 12.8. The minimum absolute atomic E-state index is 0.0642. The van der Waals surface area contributed by atoms with Crippen LogP contribution in [-0.2, 0) is 11.2 Å². The first kappa shape index (κ1) is 16.3. The van der Waals surface area contributed by atoms with Crippen LogP contribution in [0.15, 0.2) is 53.1 Å². The van der Waals surface area contributed by atoms with Gasteiger partial charge in [0.2, 0.25) is 5.91 Å². The number of carbonyl (C=O) groups excluding carboxylic acids is 2. The van der Waals surface area contributed by atoms with Gasteiger partial charge in [-0.3, -0.25) is 9.59 Å². The summed E-state index contributed by atoms with van der Waals surface area (Å²) in [6, 6.07) is 12.4. The summed E-state index contributed by atoms with van der Waals surface area (Å²) in [4.78, 5) is 26.8. The van der Waals surface area contributed by atoms with Crippen LogP contribution in [0.4, 0.5) is 0 Å². The van der Waals surface area contributed by atoms with Gasteiger partial charge in [-0.2, -0.15) is 0 Å². The zero-order valence-corrected chi connectivity index (χ0v) is 13.8. The first-order valence-electron chi connectivity index (χ1n) is 8.27. The van der Waals surface area contributed by atoms with Crippen molar-refractivity contribution < 1.29 is 14.0 Å². The molecule has 5 nitrogen and oxygen atoms in total. The second-order valence-corrected chi connectivity index (χ2v) is 6.36. The monoisotopic (exact) mass is 326 g/mol. The third-order valence-corrected chi connectivity index (χ3v) is 4.24. The predicted molar refractivity (Wildman–Crippen MR) is 90.5 cm³/mol. The van der Waals surface area contributed by atoms with Crippen molar-refractivity contribution in [2.45, 2.75) is 25.3 Å². The Kier molecular flexibility index (Phi) is 4.99. The number of hydrogen-bond acceptors (Lipinski definition) is 3. The quantitative estimate of drug-likeness (QED) is 0.850. The molecule has 0 radical (unpaired) electrons. The van der Waals surface area contributed by atoms with Gasteiger partial charge in [0.25, 0.3) is 5.91 Å². The fraction of sp³-hybridized carbons (Fsp3) is 0.368. The number of likely N-dealkylation sites (N-methyl/N-ethyl adjacent to an activating group) is 1. The van der Waals surface area contributed by atoms with E-state index in [1.54, 1.807) is 24.1 Å². The zero-order valence-electron chi connectivity index (χ0n) is 13.8. The number of benzene rings is 1. The van der Waals surface area contributed by atoms with Gasteiger partial charge in [0.05, 0.1) is 6.26 Å². The van der Waals surface area contributed by atoms with E-state index in [4.69, 9.17) is 4.42 Å². The molecular formula is C19H22N2O3. The molecule has 0 bridgehead atoms. The molecule has 0 spiro atoms. The molecule has 2 amide bonds. The molecule has 5 heteroatoms. The molecule has 0 aliphatic heterocycles. The van der Waals surface area contributed by atoms with E-state index in [1.807, 2.05) is 30.3 Å². The molecule has 1 saturated carbocycles. The number of carbonyl (C=O) groups is 2. The van der Waals surface area contributed by atoms with Gasteiger partial charge in [0.15, 0.2) is 5.76 Å². The van der Waals surface area contributed by atoms with Gasteiger partial charge >= 0.3 is 0 Å². The van der Waals surface area contributed by atoms with Crippen molar-refractivity contribution in [3.8, 4) is 0 Å². The van der Waals surface area contributed by atoms with Crippen LogP contribution in [0.3, 0.4) is 0 Å². The van der Waals surface area contributed by atoms with E-state index in [1.165, 1.54) is 19.1 Å². The summed E-state index contributed by atoms with van der Waals surface area (Å²) in [7, 11) is 1.80. The van der Waals surface area contributed by atoms with E-state index in [0.29, 0.717) is 12.3 Å². The molecule has 1 aromatic carbocycles. The SMILES string of the molecule is CN(CC1CC1)C(=O)[C@H](Cc1ccccc1)NC(=O)c1ccco1. The maximum Gasteiger partial charge on any atom is 0.287 e. The molecule has 0 unspecified atom stereocenters.